The summed E-state index contributed by atoms with van der Waals surface area (Å²) in [5.41, 5.74) is 2.52. The van der Waals surface area contributed by atoms with Gasteiger partial charge in [-0.3, -0.25) is 9.59 Å². The lowest BCUT2D eigenvalue weighted by Crippen LogP contribution is -2.51. The zero-order valence-corrected chi connectivity index (χ0v) is 23.8. The van der Waals surface area contributed by atoms with Crippen LogP contribution < -0.4 is 14.8 Å². The van der Waals surface area contributed by atoms with Crippen LogP contribution in [-0.4, -0.2) is 42.5 Å². The van der Waals surface area contributed by atoms with E-state index < -0.39 is 6.04 Å². The van der Waals surface area contributed by atoms with Gasteiger partial charge in [-0.05, 0) is 47.7 Å². The quantitative estimate of drug-likeness (QED) is 0.303. The third kappa shape index (κ3) is 7.90. The van der Waals surface area contributed by atoms with Gasteiger partial charge in [0.05, 0.1) is 0 Å². The topological polar surface area (TPSA) is 67.9 Å². The Kier molecular flexibility index (Phi) is 10.1. The molecule has 3 aromatic carbocycles. The monoisotopic (exact) mass is 568 g/mol. The maximum absolute atomic E-state index is 13.9. The van der Waals surface area contributed by atoms with Crippen molar-refractivity contribution in [3.8, 4) is 11.5 Å². The van der Waals surface area contributed by atoms with Crippen molar-refractivity contribution in [1.29, 1.82) is 0 Å². The van der Waals surface area contributed by atoms with Crippen LogP contribution in [0.5, 0.6) is 11.5 Å². The molecule has 0 aliphatic carbocycles. The second-order valence-electron chi connectivity index (χ2n) is 10.0. The number of ether oxygens (including phenoxy) is 2. The summed E-state index contributed by atoms with van der Waals surface area (Å²) in [7, 11) is 0. The molecule has 39 heavy (non-hydrogen) atoms. The second-order valence-corrected chi connectivity index (χ2v) is 10.9. The van der Waals surface area contributed by atoms with E-state index in [1.54, 1.807) is 23.1 Å². The summed E-state index contributed by atoms with van der Waals surface area (Å²) in [4.78, 5) is 29.1. The first-order valence-electron chi connectivity index (χ1n) is 13.2. The number of benzene rings is 3. The van der Waals surface area contributed by atoms with Gasteiger partial charge in [-0.2, -0.15) is 0 Å². The summed E-state index contributed by atoms with van der Waals surface area (Å²) in [5.74, 6) is 1.28. The standard InChI is InChI=1S/C31H34Cl2N2O4/c1-21(2)19-34-31(37)27(17-22-7-4-3-5-8-22)35(20-24-25(32)9-6-10-26(24)33)30(36)14-12-23-11-13-28-29(18-23)39-16-15-38-28/h3-11,13,18,21,27H,12,14-17,19-20H2,1-2H3,(H,34,37)/t27-/m1/s1. The van der Waals surface area contributed by atoms with E-state index in [-0.39, 0.29) is 30.7 Å². The van der Waals surface area contributed by atoms with Gasteiger partial charge < -0.3 is 19.7 Å². The van der Waals surface area contributed by atoms with Crippen LogP contribution in [0, 0.1) is 5.92 Å². The molecule has 0 unspecified atom stereocenters. The lowest BCUT2D eigenvalue weighted by molar-refractivity contribution is -0.141. The Hall–Kier alpha value is -3.22. The number of aryl methyl sites for hydroxylation is 1. The first-order chi connectivity index (χ1) is 18.8. The molecule has 0 bridgehead atoms. The van der Waals surface area contributed by atoms with E-state index in [0.29, 0.717) is 59.7 Å². The molecule has 2 amide bonds. The fourth-order valence-electron chi connectivity index (χ4n) is 4.47. The fourth-order valence-corrected chi connectivity index (χ4v) is 4.99. The number of hydrogen-bond acceptors (Lipinski definition) is 4. The zero-order chi connectivity index (χ0) is 27.8. The SMILES string of the molecule is CC(C)CNC(=O)[C@@H](Cc1ccccc1)N(Cc1c(Cl)cccc1Cl)C(=O)CCc1ccc2c(c1)OCCO2. The summed E-state index contributed by atoms with van der Waals surface area (Å²) in [6, 6.07) is 19.9. The van der Waals surface area contributed by atoms with Gasteiger partial charge in [0.2, 0.25) is 11.8 Å². The number of fused-ring (bicyclic) bond motifs is 1. The number of nitrogens with zero attached hydrogens (tertiary/aromatic N) is 1. The Morgan fingerprint density at radius 3 is 2.28 bits per heavy atom. The molecule has 206 valence electrons. The molecule has 1 heterocycles. The van der Waals surface area contributed by atoms with Gasteiger partial charge in [0.15, 0.2) is 11.5 Å². The van der Waals surface area contributed by atoms with E-state index >= 15 is 0 Å². The molecule has 1 N–H and O–H groups in total. The Bertz CT molecular complexity index is 1260. The summed E-state index contributed by atoms with van der Waals surface area (Å²) >= 11 is 13.0. The lowest BCUT2D eigenvalue weighted by Gasteiger charge is -2.32. The van der Waals surface area contributed by atoms with Crippen LogP contribution in [0.2, 0.25) is 10.0 Å². The van der Waals surface area contributed by atoms with Crippen LogP contribution in [0.1, 0.15) is 37.0 Å². The van der Waals surface area contributed by atoms with Gasteiger partial charge >= 0.3 is 0 Å². The van der Waals surface area contributed by atoms with Crippen LogP contribution in [0.15, 0.2) is 66.7 Å². The van der Waals surface area contributed by atoms with Crippen LogP contribution >= 0.6 is 23.2 Å². The molecule has 3 aromatic rings. The summed E-state index contributed by atoms with van der Waals surface area (Å²) in [6.07, 6.45) is 1.04. The van der Waals surface area contributed by atoms with E-state index in [0.717, 1.165) is 11.1 Å². The highest BCUT2D eigenvalue weighted by molar-refractivity contribution is 6.36. The normalized spacial score (nSPS) is 13.2. The van der Waals surface area contributed by atoms with Crippen LogP contribution in [0.4, 0.5) is 0 Å². The number of amides is 2. The molecule has 1 atom stereocenters. The van der Waals surface area contributed by atoms with Crippen LogP contribution in [0.3, 0.4) is 0 Å². The van der Waals surface area contributed by atoms with Gasteiger partial charge in [0.25, 0.3) is 0 Å². The van der Waals surface area contributed by atoms with Crippen molar-refractivity contribution in [3.63, 3.8) is 0 Å². The number of carbonyl (C=O) groups is 2. The molecule has 0 radical (unpaired) electrons. The average molecular weight is 570 g/mol. The maximum Gasteiger partial charge on any atom is 0.243 e. The van der Waals surface area contributed by atoms with Gasteiger partial charge in [0.1, 0.15) is 19.3 Å². The van der Waals surface area contributed by atoms with E-state index in [2.05, 4.69) is 5.32 Å². The van der Waals surface area contributed by atoms with Gasteiger partial charge in [-0.1, -0.05) is 79.5 Å². The van der Waals surface area contributed by atoms with Crippen molar-refractivity contribution in [2.24, 2.45) is 5.92 Å². The maximum atomic E-state index is 13.9. The smallest absolute Gasteiger partial charge is 0.243 e. The first-order valence-corrected chi connectivity index (χ1v) is 14.0. The summed E-state index contributed by atoms with van der Waals surface area (Å²) in [6.45, 7) is 5.71. The van der Waals surface area contributed by atoms with Crippen molar-refractivity contribution in [2.45, 2.75) is 45.7 Å². The molecular weight excluding hydrogens is 535 g/mol. The van der Waals surface area contributed by atoms with Crippen molar-refractivity contribution < 1.29 is 19.1 Å². The van der Waals surface area contributed by atoms with Crippen molar-refractivity contribution in [2.75, 3.05) is 19.8 Å². The molecule has 1 aliphatic heterocycles. The minimum atomic E-state index is -0.744. The number of carbonyl (C=O) groups excluding carboxylic acids is 2. The molecule has 1 aliphatic rings. The first kappa shape index (κ1) is 28.8. The van der Waals surface area contributed by atoms with Crippen LogP contribution in [0.25, 0.3) is 0 Å². The predicted molar refractivity (Wildman–Crippen MR) is 155 cm³/mol. The highest BCUT2D eigenvalue weighted by Crippen LogP contribution is 2.32. The van der Waals surface area contributed by atoms with Crippen molar-refractivity contribution in [1.82, 2.24) is 10.2 Å². The molecule has 0 saturated heterocycles. The number of halogens is 2. The number of rotatable bonds is 11. The predicted octanol–water partition coefficient (Wildman–Crippen LogP) is 6.11. The molecule has 4 rings (SSSR count). The Morgan fingerprint density at radius 1 is 0.897 bits per heavy atom. The van der Waals surface area contributed by atoms with E-state index in [1.807, 2.05) is 62.4 Å². The Morgan fingerprint density at radius 2 is 1.59 bits per heavy atom. The van der Waals surface area contributed by atoms with Crippen molar-refractivity contribution >= 4 is 35.0 Å². The van der Waals surface area contributed by atoms with E-state index in [9.17, 15) is 9.59 Å². The molecular formula is C31H34Cl2N2O4. The highest BCUT2D eigenvalue weighted by atomic mass is 35.5. The Balaban J connectivity index is 1.62. The fraction of sp³-hybridized carbons (Fsp3) is 0.355. The van der Waals surface area contributed by atoms with E-state index in [4.69, 9.17) is 32.7 Å². The zero-order valence-electron chi connectivity index (χ0n) is 22.3. The highest BCUT2D eigenvalue weighted by Gasteiger charge is 2.31. The number of hydrogen-bond donors (Lipinski definition) is 1. The molecule has 8 heteroatoms. The second kappa shape index (κ2) is 13.7. The minimum absolute atomic E-state index is 0.116. The van der Waals surface area contributed by atoms with Crippen LogP contribution in [-0.2, 0) is 29.0 Å². The molecule has 0 aromatic heterocycles. The average Bonchev–Trinajstić information content (AvgIpc) is 2.94. The van der Waals surface area contributed by atoms with Crippen molar-refractivity contribution in [3.05, 3.63) is 93.5 Å². The lowest BCUT2D eigenvalue weighted by atomic mass is 10.0. The summed E-state index contributed by atoms with van der Waals surface area (Å²) < 4.78 is 11.3. The van der Waals surface area contributed by atoms with Gasteiger partial charge in [-0.25, -0.2) is 0 Å². The number of nitrogens with one attached hydrogen (secondary N) is 1. The van der Waals surface area contributed by atoms with E-state index in [1.165, 1.54) is 0 Å². The molecule has 0 fully saturated rings. The molecule has 0 saturated carbocycles. The van der Waals surface area contributed by atoms with Gasteiger partial charge in [0, 0.05) is 41.5 Å². The minimum Gasteiger partial charge on any atom is -0.486 e. The Labute approximate surface area is 240 Å². The third-order valence-electron chi connectivity index (χ3n) is 6.58. The largest absolute Gasteiger partial charge is 0.486 e. The summed E-state index contributed by atoms with van der Waals surface area (Å²) in [5, 5.41) is 3.94. The molecule has 0 spiro atoms. The molecule has 6 nitrogen and oxygen atoms in total. The van der Waals surface area contributed by atoms with Gasteiger partial charge in [-0.15, -0.1) is 0 Å². The third-order valence-corrected chi connectivity index (χ3v) is 7.29.